The number of aryl methyl sites for hydroxylation is 1. The number of amides is 1. The zero-order valence-electron chi connectivity index (χ0n) is 14.7. The number of nitrogens with one attached hydrogen (secondary N) is 1. The number of carbonyl (C=O) groups excluding carboxylic acids is 1. The number of hydrogen-bond donors (Lipinski definition) is 3. The van der Waals surface area contributed by atoms with Gasteiger partial charge < -0.3 is 16.8 Å². The molecule has 2 rings (SSSR count). The highest BCUT2D eigenvalue weighted by Crippen LogP contribution is 2.12. The van der Waals surface area contributed by atoms with Crippen molar-refractivity contribution in [3.63, 3.8) is 0 Å². The van der Waals surface area contributed by atoms with Crippen LogP contribution in [0.1, 0.15) is 37.8 Å². The first-order chi connectivity index (χ1) is 11.5. The predicted molar refractivity (Wildman–Crippen MR) is 103 cm³/mol. The van der Waals surface area contributed by atoms with Crippen molar-refractivity contribution in [2.75, 3.05) is 17.6 Å². The van der Waals surface area contributed by atoms with Gasteiger partial charge in [0, 0.05) is 18.3 Å². The Morgan fingerprint density at radius 1 is 1.04 bits per heavy atom. The number of unbranched alkanes of at least 4 members (excludes halogenated alkanes) is 1. The molecule has 0 fully saturated rings. The molecule has 0 saturated carbocycles. The summed E-state index contributed by atoms with van der Waals surface area (Å²) in [6.07, 6.45) is 4.39. The Kier molecular flexibility index (Phi) is 9.24. The van der Waals surface area contributed by atoms with Gasteiger partial charge in [0.1, 0.15) is 0 Å². The van der Waals surface area contributed by atoms with Gasteiger partial charge in [-0.05, 0) is 61.2 Å². The number of anilines is 2. The monoisotopic (exact) mass is 327 g/mol. The van der Waals surface area contributed by atoms with E-state index in [2.05, 4.69) is 18.3 Å². The summed E-state index contributed by atoms with van der Waals surface area (Å²) in [7, 11) is 0. The Morgan fingerprint density at radius 3 is 2.29 bits per heavy atom. The van der Waals surface area contributed by atoms with Gasteiger partial charge in [0.05, 0.1) is 0 Å². The van der Waals surface area contributed by atoms with Crippen LogP contribution in [0.15, 0.2) is 48.5 Å². The summed E-state index contributed by atoms with van der Waals surface area (Å²) in [6, 6.07) is 15.8. The lowest BCUT2D eigenvalue weighted by Gasteiger charge is -2.04. The third-order valence-electron chi connectivity index (χ3n) is 3.45. The molecule has 0 radical (unpaired) electrons. The van der Waals surface area contributed by atoms with Gasteiger partial charge in [-0.3, -0.25) is 4.79 Å². The van der Waals surface area contributed by atoms with E-state index in [1.807, 2.05) is 42.5 Å². The van der Waals surface area contributed by atoms with Crippen LogP contribution in [0.2, 0.25) is 0 Å². The highest BCUT2D eigenvalue weighted by molar-refractivity contribution is 5.88. The van der Waals surface area contributed by atoms with Crippen LogP contribution in [0.5, 0.6) is 0 Å². The molecule has 4 heteroatoms. The van der Waals surface area contributed by atoms with Crippen LogP contribution in [0.3, 0.4) is 0 Å². The van der Waals surface area contributed by atoms with Crippen molar-refractivity contribution >= 4 is 17.3 Å². The van der Waals surface area contributed by atoms with Crippen molar-refractivity contribution in [1.29, 1.82) is 0 Å². The summed E-state index contributed by atoms with van der Waals surface area (Å²) < 4.78 is 0. The van der Waals surface area contributed by atoms with Crippen LogP contribution in [0.25, 0.3) is 0 Å². The second kappa shape index (κ2) is 11.2. The number of nitrogens with two attached hydrogens (primary N) is 2. The maximum absolute atomic E-state index is 10.8. The van der Waals surface area contributed by atoms with Crippen LogP contribution >= 0.6 is 0 Å². The molecule has 130 valence electrons. The van der Waals surface area contributed by atoms with Gasteiger partial charge in [-0.1, -0.05) is 37.6 Å². The molecule has 0 aliphatic rings. The number of nitrogen functional groups attached to an aromatic ring is 1. The summed E-state index contributed by atoms with van der Waals surface area (Å²) in [5, 5.41) is 2.78. The molecular formula is C20H29N3O. The summed E-state index contributed by atoms with van der Waals surface area (Å²) in [4.78, 5) is 10.8. The molecule has 0 spiro atoms. The van der Waals surface area contributed by atoms with E-state index in [9.17, 15) is 4.79 Å². The van der Waals surface area contributed by atoms with Crippen LogP contribution in [0, 0.1) is 0 Å². The lowest BCUT2D eigenvalue weighted by Crippen LogP contribution is -2.05. The van der Waals surface area contributed by atoms with Gasteiger partial charge in [-0.15, -0.1) is 0 Å². The normalized spacial score (nSPS) is 9.79. The van der Waals surface area contributed by atoms with Crippen molar-refractivity contribution in [2.24, 2.45) is 5.73 Å². The van der Waals surface area contributed by atoms with Crippen LogP contribution in [-0.2, 0) is 17.6 Å². The zero-order chi connectivity index (χ0) is 17.8. The Morgan fingerprint density at radius 2 is 1.71 bits per heavy atom. The fourth-order valence-corrected chi connectivity index (χ4v) is 2.30. The molecule has 0 aliphatic heterocycles. The second-order valence-corrected chi connectivity index (χ2v) is 5.77. The molecular weight excluding hydrogens is 298 g/mol. The van der Waals surface area contributed by atoms with E-state index >= 15 is 0 Å². The van der Waals surface area contributed by atoms with E-state index in [1.54, 1.807) is 0 Å². The third-order valence-corrected chi connectivity index (χ3v) is 3.45. The van der Waals surface area contributed by atoms with Crippen LogP contribution in [0.4, 0.5) is 11.4 Å². The molecule has 0 aromatic heterocycles. The molecule has 0 atom stereocenters. The Bertz CT molecular complexity index is 626. The van der Waals surface area contributed by atoms with Gasteiger partial charge in [0.25, 0.3) is 0 Å². The van der Waals surface area contributed by atoms with Gasteiger partial charge in [0.2, 0.25) is 5.91 Å². The molecule has 0 aliphatic carbocycles. The minimum absolute atomic E-state index is 0.0161. The number of hydrogen-bond acceptors (Lipinski definition) is 3. The van der Waals surface area contributed by atoms with E-state index in [-0.39, 0.29) is 5.91 Å². The van der Waals surface area contributed by atoms with E-state index in [0.717, 1.165) is 24.2 Å². The smallest absolute Gasteiger partial charge is 0.221 e. The Labute approximate surface area is 145 Å². The Balaban J connectivity index is 0.000000254. The van der Waals surface area contributed by atoms with E-state index < -0.39 is 0 Å². The molecule has 0 unspecified atom stereocenters. The number of carbonyl (C=O) groups is 1. The first kappa shape index (κ1) is 19.7. The zero-order valence-corrected chi connectivity index (χ0v) is 14.7. The SMILES string of the molecule is CCCCc1cccc(NC(C)=O)c1.NCCc1cccc(N)c1. The van der Waals surface area contributed by atoms with Gasteiger partial charge >= 0.3 is 0 Å². The summed E-state index contributed by atoms with van der Waals surface area (Å²) in [5.74, 6) is -0.0161. The predicted octanol–water partition coefficient (Wildman–Crippen LogP) is 3.76. The maximum Gasteiger partial charge on any atom is 0.221 e. The minimum atomic E-state index is -0.0161. The van der Waals surface area contributed by atoms with Crippen molar-refractivity contribution < 1.29 is 4.79 Å². The molecule has 0 heterocycles. The highest BCUT2D eigenvalue weighted by atomic mass is 16.1. The van der Waals surface area contributed by atoms with Gasteiger partial charge in [0.15, 0.2) is 0 Å². The van der Waals surface area contributed by atoms with Crippen LogP contribution < -0.4 is 16.8 Å². The lowest BCUT2D eigenvalue weighted by atomic mass is 10.1. The summed E-state index contributed by atoms with van der Waals surface area (Å²) >= 11 is 0. The van der Waals surface area contributed by atoms with Gasteiger partial charge in [-0.25, -0.2) is 0 Å². The van der Waals surface area contributed by atoms with Crippen molar-refractivity contribution in [3.8, 4) is 0 Å². The summed E-state index contributed by atoms with van der Waals surface area (Å²) in [5.41, 5.74) is 15.1. The fraction of sp³-hybridized carbons (Fsp3) is 0.350. The van der Waals surface area contributed by atoms with Crippen LogP contribution in [-0.4, -0.2) is 12.5 Å². The quantitative estimate of drug-likeness (QED) is 0.707. The van der Waals surface area contributed by atoms with E-state index in [1.165, 1.54) is 30.9 Å². The van der Waals surface area contributed by atoms with Crippen molar-refractivity contribution in [3.05, 3.63) is 59.7 Å². The average Bonchev–Trinajstić information content (AvgIpc) is 2.54. The number of rotatable bonds is 6. The minimum Gasteiger partial charge on any atom is -0.399 e. The lowest BCUT2D eigenvalue weighted by molar-refractivity contribution is -0.114. The molecule has 1 amide bonds. The van der Waals surface area contributed by atoms with E-state index in [4.69, 9.17) is 11.5 Å². The first-order valence-corrected chi connectivity index (χ1v) is 8.46. The van der Waals surface area contributed by atoms with Crippen molar-refractivity contribution in [1.82, 2.24) is 0 Å². The molecule has 2 aromatic carbocycles. The second-order valence-electron chi connectivity index (χ2n) is 5.77. The number of benzene rings is 2. The first-order valence-electron chi connectivity index (χ1n) is 8.46. The van der Waals surface area contributed by atoms with Crippen molar-refractivity contribution in [2.45, 2.75) is 39.5 Å². The average molecular weight is 327 g/mol. The maximum atomic E-state index is 10.8. The molecule has 24 heavy (non-hydrogen) atoms. The molecule has 5 N–H and O–H groups in total. The standard InChI is InChI=1S/C12H17NO.C8H12N2/c1-3-4-6-11-7-5-8-12(9-11)13-10(2)14;9-5-4-7-2-1-3-8(10)6-7/h5,7-9H,3-4,6H2,1-2H3,(H,13,14);1-3,6H,4-5,9-10H2. The molecule has 0 saturated heterocycles. The largest absolute Gasteiger partial charge is 0.399 e. The van der Waals surface area contributed by atoms with Gasteiger partial charge in [-0.2, -0.15) is 0 Å². The third kappa shape index (κ3) is 8.34. The molecule has 0 bridgehead atoms. The highest BCUT2D eigenvalue weighted by Gasteiger charge is 1.97. The molecule has 4 nitrogen and oxygen atoms in total. The topological polar surface area (TPSA) is 81.1 Å². The fourth-order valence-electron chi connectivity index (χ4n) is 2.30. The van der Waals surface area contributed by atoms with E-state index in [0.29, 0.717) is 6.54 Å². The Hall–Kier alpha value is -2.33. The summed E-state index contributed by atoms with van der Waals surface area (Å²) in [6.45, 7) is 4.39. The molecule has 2 aromatic rings.